The van der Waals surface area contributed by atoms with Gasteiger partial charge in [0.1, 0.15) is 5.82 Å². The average Bonchev–Trinajstić information content (AvgIpc) is 3.16. The number of rotatable bonds is 5. The van der Waals surface area contributed by atoms with Gasteiger partial charge in [-0.1, -0.05) is 12.1 Å². The molecule has 1 amide bonds. The first-order valence-corrected chi connectivity index (χ1v) is 8.16. The minimum absolute atomic E-state index is 0.0549. The van der Waals surface area contributed by atoms with Gasteiger partial charge in [-0.25, -0.2) is 4.98 Å². The number of anilines is 1. The van der Waals surface area contributed by atoms with Crippen molar-refractivity contribution < 1.29 is 14.6 Å². The quantitative estimate of drug-likeness (QED) is 0.882. The number of carbonyl (C=O) groups is 1. The fourth-order valence-electron chi connectivity index (χ4n) is 3.04. The van der Waals surface area contributed by atoms with Crippen LogP contribution in [0.4, 0.5) is 5.69 Å². The fourth-order valence-corrected chi connectivity index (χ4v) is 3.04. The Morgan fingerprint density at radius 2 is 2.21 bits per heavy atom. The van der Waals surface area contributed by atoms with Crippen LogP contribution in [0, 0.1) is 6.92 Å². The highest BCUT2D eigenvalue weighted by Crippen LogP contribution is 2.24. The minimum Gasteiger partial charge on any atom is -0.387 e. The number of hydrogen-bond acceptors (Lipinski definition) is 4. The van der Waals surface area contributed by atoms with Crippen LogP contribution in [-0.4, -0.2) is 39.4 Å². The molecule has 6 heteroatoms. The molecule has 0 bridgehead atoms. The zero-order valence-corrected chi connectivity index (χ0v) is 14.0. The predicted octanol–water partition coefficient (Wildman–Crippen LogP) is 2.28. The van der Waals surface area contributed by atoms with Gasteiger partial charge in [0.25, 0.3) is 0 Å². The van der Waals surface area contributed by atoms with Gasteiger partial charge in [-0.3, -0.25) is 4.79 Å². The maximum absolute atomic E-state index is 12.1. The van der Waals surface area contributed by atoms with Gasteiger partial charge in [0, 0.05) is 31.1 Å². The van der Waals surface area contributed by atoms with Gasteiger partial charge in [-0.15, -0.1) is 0 Å². The van der Waals surface area contributed by atoms with Crippen molar-refractivity contribution in [1.29, 1.82) is 0 Å². The van der Waals surface area contributed by atoms with E-state index >= 15 is 0 Å². The molecule has 1 aromatic heterocycles. The Kier molecular flexibility index (Phi) is 4.69. The van der Waals surface area contributed by atoms with Crippen LogP contribution in [-0.2, 0) is 9.53 Å². The number of benzene rings is 1. The lowest BCUT2D eigenvalue weighted by atomic mass is 9.98. The van der Waals surface area contributed by atoms with Crippen molar-refractivity contribution in [1.82, 2.24) is 9.55 Å². The third-order valence-electron chi connectivity index (χ3n) is 4.53. The molecule has 0 aliphatic carbocycles. The van der Waals surface area contributed by atoms with Crippen LogP contribution < -0.4 is 5.32 Å². The Morgan fingerprint density at radius 3 is 2.79 bits per heavy atom. The van der Waals surface area contributed by atoms with Gasteiger partial charge in [0.2, 0.25) is 5.91 Å². The number of ether oxygens (including phenoxy) is 1. The number of aryl methyl sites for hydroxylation is 1. The Morgan fingerprint density at radius 1 is 1.46 bits per heavy atom. The number of nitrogens with zero attached hydrogens (tertiary/aromatic N) is 2. The molecule has 1 aliphatic rings. The zero-order chi connectivity index (χ0) is 17.2. The predicted molar refractivity (Wildman–Crippen MR) is 90.9 cm³/mol. The maximum atomic E-state index is 12.1. The molecule has 0 spiro atoms. The highest BCUT2D eigenvalue weighted by molar-refractivity contribution is 5.91. The van der Waals surface area contributed by atoms with Crippen LogP contribution in [0.3, 0.4) is 0 Å². The van der Waals surface area contributed by atoms with Crippen LogP contribution in [0.15, 0.2) is 36.7 Å². The second-order valence-corrected chi connectivity index (χ2v) is 6.43. The van der Waals surface area contributed by atoms with Crippen molar-refractivity contribution in [2.75, 3.05) is 18.5 Å². The summed E-state index contributed by atoms with van der Waals surface area (Å²) in [6, 6.07) is 7.92. The number of imidazole rings is 1. The summed E-state index contributed by atoms with van der Waals surface area (Å²) in [6.07, 6.45) is 4.30. The van der Waals surface area contributed by atoms with Crippen LogP contribution in [0.1, 0.15) is 37.2 Å². The van der Waals surface area contributed by atoms with E-state index in [9.17, 15) is 9.90 Å². The van der Waals surface area contributed by atoms with Crippen LogP contribution in [0.25, 0.3) is 0 Å². The Balaban J connectivity index is 1.62. The second-order valence-electron chi connectivity index (χ2n) is 6.43. The molecule has 0 unspecified atom stereocenters. The van der Waals surface area contributed by atoms with Crippen LogP contribution in [0.5, 0.6) is 0 Å². The van der Waals surface area contributed by atoms with E-state index in [2.05, 4.69) is 21.8 Å². The lowest BCUT2D eigenvalue weighted by Crippen LogP contribution is -2.34. The van der Waals surface area contributed by atoms with Crippen molar-refractivity contribution in [3.8, 4) is 0 Å². The molecule has 1 fully saturated rings. The fraction of sp³-hybridized carbons (Fsp3) is 0.444. The van der Waals surface area contributed by atoms with E-state index in [1.54, 1.807) is 6.20 Å². The molecular formula is C18H23N3O3. The van der Waals surface area contributed by atoms with Crippen molar-refractivity contribution in [3.05, 3.63) is 48.0 Å². The molecule has 1 saturated heterocycles. The molecule has 2 atom stereocenters. The average molecular weight is 329 g/mol. The molecule has 1 aromatic carbocycles. The van der Waals surface area contributed by atoms with Gasteiger partial charge in [-0.2, -0.15) is 0 Å². The summed E-state index contributed by atoms with van der Waals surface area (Å²) in [5.41, 5.74) is 0.829. The Bertz CT molecular complexity index is 703. The number of hydrogen-bond donors (Lipinski definition) is 2. The highest BCUT2D eigenvalue weighted by Gasteiger charge is 2.34. The number of carbonyl (C=O) groups excluding carboxylic acids is 1. The summed E-state index contributed by atoms with van der Waals surface area (Å²) in [5, 5.41) is 13.0. The number of amides is 1. The molecule has 2 heterocycles. The van der Waals surface area contributed by atoms with Crippen molar-refractivity contribution in [2.45, 2.75) is 38.3 Å². The number of aromatic nitrogens is 2. The van der Waals surface area contributed by atoms with Gasteiger partial charge in [0.05, 0.1) is 24.7 Å². The van der Waals surface area contributed by atoms with E-state index in [4.69, 9.17) is 4.74 Å². The number of aliphatic hydroxyl groups is 1. The highest BCUT2D eigenvalue weighted by atomic mass is 16.5. The zero-order valence-electron chi connectivity index (χ0n) is 14.0. The van der Waals surface area contributed by atoms with Crippen molar-refractivity contribution >= 4 is 11.6 Å². The minimum atomic E-state index is -1.03. The lowest BCUT2D eigenvalue weighted by Gasteiger charge is -2.19. The summed E-state index contributed by atoms with van der Waals surface area (Å²) in [5.74, 6) is 0.765. The standard InChI is InChI=1S/C18H23N3O3/c1-13(21-9-8-19-14(21)2)15-3-5-16(6-4-15)20-17(22)11-18(23)7-10-24-12-18/h3-6,8-9,13,23H,7,10-12H2,1-2H3,(H,20,22)/t13-,18+/m1/s1. The van der Waals surface area contributed by atoms with E-state index < -0.39 is 5.60 Å². The van der Waals surface area contributed by atoms with E-state index in [1.807, 2.05) is 37.4 Å². The van der Waals surface area contributed by atoms with Gasteiger partial charge in [0.15, 0.2) is 0 Å². The largest absolute Gasteiger partial charge is 0.387 e. The SMILES string of the molecule is Cc1nccn1[C@H](C)c1ccc(NC(=O)C[C@@]2(O)CCOC2)cc1. The summed E-state index contributed by atoms with van der Waals surface area (Å²) in [6.45, 7) is 4.81. The molecule has 3 rings (SSSR count). The Labute approximate surface area is 141 Å². The second kappa shape index (κ2) is 6.75. The summed E-state index contributed by atoms with van der Waals surface area (Å²) in [4.78, 5) is 16.3. The first-order chi connectivity index (χ1) is 11.5. The van der Waals surface area contributed by atoms with Gasteiger partial charge < -0.3 is 19.7 Å². The van der Waals surface area contributed by atoms with E-state index in [1.165, 1.54) is 0 Å². The molecule has 2 aromatic rings. The first-order valence-electron chi connectivity index (χ1n) is 8.16. The molecule has 128 valence electrons. The third-order valence-corrected chi connectivity index (χ3v) is 4.53. The molecular weight excluding hydrogens is 306 g/mol. The van der Waals surface area contributed by atoms with Gasteiger partial charge in [-0.05, 0) is 31.5 Å². The lowest BCUT2D eigenvalue weighted by molar-refractivity contribution is -0.121. The maximum Gasteiger partial charge on any atom is 0.227 e. The van der Waals surface area contributed by atoms with E-state index in [-0.39, 0.29) is 25.0 Å². The molecule has 0 radical (unpaired) electrons. The van der Waals surface area contributed by atoms with Crippen molar-refractivity contribution in [2.24, 2.45) is 0 Å². The monoisotopic (exact) mass is 329 g/mol. The number of nitrogens with one attached hydrogen (secondary N) is 1. The summed E-state index contributed by atoms with van der Waals surface area (Å²) < 4.78 is 7.26. The van der Waals surface area contributed by atoms with Crippen LogP contribution in [0.2, 0.25) is 0 Å². The van der Waals surface area contributed by atoms with E-state index in [0.717, 1.165) is 17.1 Å². The Hall–Kier alpha value is -2.18. The molecule has 1 aliphatic heterocycles. The van der Waals surface area contributed by atoms with E-state index in [0.29, 0.717) is 13.0 Å². The topological polar surface area (TPSA) is 76.4 Å². The summed E-state index contributed by atoms with van der Waals surface area (Å²) in [7, 11) is 0. The molecule has 0 saturated carbocycles. The third kappa shape index (κ3) is 3.66. The molecule has 2 N–H and O–H groups in total. The molecule has 24 heavy (non-hydrogen) atoms. The summed E-state index contributed by atoms with van der Waals surface area (Å²) >= 11 is 0. The smallest absolute Gasteiger partial charge is 0.227 e. The van der Waals surface area contributed by atoms with Crippen LogP contribution >= 0.6 is 0 Å². The first kappa shape index (κ1) is 16.7. The van der Waals surface area contributed by atoms with Crippen molar-refractivity contribution in [3.63, 3.8) is 0 Å². The van der Waals surface area contributed by atoms with Gasteiger partial charge >= 0.3 is 0 Å². The molecule has 6 nitrogen and oxygen atoms in total. The normalized spacial score (nSPS) is 21.6.